The fourth-order valence-electron chi connectivity index (χ4n) is 5.31. The molecule has 0 radical (unpaired) electrons. The van der Waals surface area contributed by atoms with Crippen LogP contribution in [0.2, 0.25) is 0 Å². The Labute approximate surface area is 242 Å². The second-order valence-electron chi connectivity index (χ2n) is 10.5. The molecule has 14 heteroatoms. The molecule has 1 aliphatic rings. The third-order valence-corrected chi connectivity index (χ3v) is 7.28. The van der Waals surface area contributed by atoms with Crippen molar-refractivity contribution in [2.45, 2.75) is 45.1 Å². The third kappa shape index (κ3) is 7.59. The highest BCUT2D eigenvalue weighted by molar-refractivity contribution is 5.87. The van der Waals surface area contributed by atoms with Gasteiger partial charge in [0.1, 0.15) is 5.82 Å². The number of nitrogens with one attached hydrogen (secondary N) is 1. The number of piperidine rings is 1. The molecule has 43 heavy (non-hydrogen) atoms. The Morgan fingerprint density at radius 2 is 1.63 bits per heavy atom. The van der Waals surface area contributed by atoms with E-state index >= 15 is 0 Å². The van der Waals surface area contributed by atoms with Crippen LogP contribution in [0.1, 0.15) is 47.1 Å². The molecule has 0 bridgehead atoms. The van der Waals surface area contributed by atoms with Crippen molar-refractivity contribution in [3.63, 3.8) is 0 Å². The minimum absolute atomic E-state index is 0.0417. The minimum atomic E-state index is -5.01. The van der Waals surface area contributed by atoms with Gasteiger partial charge in [-0.25, -0.2) is 4.39 Å². The first-order chi connectivity index (χ1) is 20.0. The van der Waals surface area contributed by atoms with Crippen molar-refractivity contribution in [2.24, 2.45) is 5.92 Å². The van der Waals surface area contributed by atoms with Crippen LogP contribution in [0, 0.1) is 18.7 Å². The van der Waals surface area contributed by atoms with Crippen molar-refractivity contribution >= 4 is 23.5 Å². The first-order valence-corrected chi connectivity index (χ1v) is 13.2. The van der Waals surface area contributed by atoms with Gasteiger partial charge in [-0.2, -0.15) is 26.3 Å². The lowest BCUT2D eigenvalue weighted by molar-refractivity contribution is -0.143. The van der Waals surface area contributed by atoms with Gasteiger partial charge in [0.15, 0.2) is 11.6 Å². The highest BCUT2D eigenvalue weighted by Gasteiger charge is 2.39. The van der Waals surface area contributed by atoms with E-state index in [1.54, 1.807) is 25.1 Å². The summed E-state index contributed by atoms with van der Waals surface area (Å²) in [5.74, 6) is -1.81. The fraction of sp³-hybridized carbons (Fsp3) is 0.379. The molecule has 2 unspecified atom stereocenters. The molecule has 1 saturated heterocycles. The number of halogens is 7. The predicted octanol–water partition coefficient (Wildman–Crippen LogP) is 6.19. The van der Waals surface area contributed by atoms with Crippen molar-refractivity contribution in [3.8, 4) is 0 Å². The zero-order valence-electron chi connectivity index (χ0n) is 23.4. The van der Waals surface area contributed by atoms with Crippen molar-refractivity contribution in [1.82, 2.24) is 15.1 Å². The zero-order chi connectivity index (χ0) is 31.7. The van der Waals surface area contributed by atoms with Gasteiger partial charge >= 0.3 is 12.4 Å². The summed E-state index contributed by atoms with van der Waals surface area (Å²) in [6, 6.07) is 8.61. The fourth-order valence-corrected chi connectivity index (χ4v) is 5.31. The lowest BCUT2D eigenvalue weighted by Gasteiger charge is -2.40. The molecular weight excluding hydrogens is 583 g/mol. The van der Waals surface area contributed by atoms with Gasteiger partial charge < -0.3 is 15.1 Å². The summed E-state index contributed by atoms with van der Waals surface area (Å²) in [6.45, 7) is 3.10. The maximum atomic E-state index is 13.9. The maximum absolute atomic E-state index is 13.9. The molecule has 2 aromatic carbocycles. The Morgan fingerprint density at radius 1 is 0.977 bits per heavy atom. The first kappa shape index (κ1) is 31.7. The van der Waals surface area contributed by atoms with Gasteiger partial charge in [-0.3, -0.25) is 9.59 Å². The number of benzene rings is 2. The number of aromatic nitrogens is 2. The van der Waals surface area contributed by atoms with Gasteiger partial charge in [-0.1, -0.05) is 6.07 Å². The van der Waals surface area contributed by atoms with Crippen LogP contribution in [0.15, 0.2) is 48.5 Å². The van der Waals surface area contributed by atoms with Crippen LogP contribution in [0.5, 0.6) is 0 Å². The molecular formula is C29H28F7N5O2. The summed E-state index contributed by atoms with van der Waals surface area (Å²) in [5, 5.41) is 10.7. The van der Waals surface area contributed by atoms with E-state index in [2.05, 4.69) is 15.5 Å². The van der Waals surface area contributed by atoms with Gasteiger partial charge in [0.05, 0.1) is 11.1 Å². The second kappa shape index (κ2) is 12.2. The number of alkyl halides is 6. The van der Waals surface area contributed by atoms with Gasteiger partial charge in [-0.05, 0) is 72.5 Å². The summed E-state index contributed by atoms with van der Waals surface area (Å²) >= 11 is 0. The molecule has 1 fully saturated rings. The largest absolute Gasteiger partial charge is 0.416 e. The van der Waals surface area contributed by atoms with Gasteiger partial charge in [0.25, 0.3) is 0 Å². The normalized spacial score (nSPS) is 17.5. The van der Waals surface area contributed by atoms with E-state index in [0.717, 1.165) is 4.90 Å². The van der Waals surface area contributed by atoms with E-state index in [1.165, 1.54) is 26.1 Å². The van der Waals surface area contributed by atoms with Gasteiger partial charge in [0, 0.05) is 45.4 Å². The SMILES string of the molecule is CC(=O)Nc1ccc(N2CCC(C(=O)N(C)Cc3cc(C(F)(F)F)cc(C(F)(F)F)c3)C(c3ccc(F)cc3C)C2)nn1. The Morgan fingerprint density at radius 3 is 2.16 bits per heavy atom. The predicted molar refractivity (Wildman–Crippen MR) is 143 cm³/mol. The molecule has 0 aliphatic carbocycles. The van der Waals surface area contributed by atoms with Crippen molar-refractivity contribution in [1.29, 1.82) is 0 Å². The molecule has 3 aromatic rings. The summed E-state index contributed by atoms with van der Waals surface area (Å²) in [4.78, 5) is 28.0. The Bertz CT molecular complexity index is 1460. The number of amides is 2. The van der Waals surface area contributed by atoms with Crippen LogP contribution >= 0.6 is 0 Å². The minimum Gasteiger partial charge on any atom is -0.354 e. The molecule has 230 valence electrons. The first-order valence-electron chi connectivity index (χ1n) is 13.2. The lowest BCUT2D eigenvalue weighted by atomic mass is 9.78. The van der Waals surface area contributed by atoms with E-state index in [4.69, 9.17) is 0 Å². The summed E-state index contributed by atoms with van der Waals surface area (Å²) in [6.07, 6.45) is -9.77. The average molecular weight is 612 g/mol. The van der Waals surface area contributed by atoms with E-state index in [0.29, 0.717) is 35.6 Å². The average Bonchev–Trinajstić information content (AvgIpc) is 2.91. The van der Waals surface area contributed by atoms with E-state index in [-0.39, 0.29) is 36.3 Å². The number of rotatable bonds is 6. The van der Waals surface area contributed by atoms with E-state index in [1.807, 2.05) is 4.90 Å². The van der Waals surface area contributed by atoms with Crippen LogP contribution in [0.4, 0.5) is 42.4 Å². The molecule has 2 atom stereocenters. The number of carbonyl (C=O) groups is 2. The molecule has 1 aliphatic heterocycles. The van der Waals surface area contributed by atoms with E-state index in [9.17, 15) is 40.3 Å². The highest BCUT2D eigenvalue weighted by atomic mass is 19.4. The Hall–Kier alpha value is -4.23. The van der Waals surface area contributed by atoms with Crippen molar-refractivity contribution in [2.75, 3.05) is 30.4 Å². The molecule has 7 nitrogen and oxygen atoms in total. The smallest absolute Gasteiger partial charge is 0.354 e. The Balaban J connectivity index is 1.62. The lowest BCUT2D eigenvalue weighted by Crippen LogP contribution is -2.46. The maximum Gasteiger partial charge on any atom is 0.416 e. The van der Waals surface area contributed by atoms with Gasteiger partial charge in [0.2, 0.25) is 11.8 Å². The third-order valence-electron chi connectivity index (χ3n) is 7.28. The summed E-state index contributed by atoms with van der Waals surface area (Å²) < 4.78 is 94.2. The van der Waals surface area contributed by atoms with Crippen LogP contribution < -0.4 is 10.2 Å². The number of hydrogen-bond donors (Lipinski definition) is 1. The van der Waals surface area contributed by atoms with Crippen LogP contribution in [0.3, 0.4) is 0 Å². The highest BCUT2D eigenvalue weighted by Crippen LogP contribution is 2.39. The van der Waals surface area contributed by atoms with Crippen LogP contribution in [-0.2, 0) is 28.5 Å². The number of aryl methyl sites for hydroxylation is 1. The van der Waals surface area contributed by atoms with E-state index < -0.39 is 53.6 Å². The molecule has 0 spiro atoms. The molecule has 0 saturated carbocycles. The topological polar surface area (TPSA) is 78.4 Å². The second-order valence-corrected chi connectivity index (χ2v) is 10.5. The molecule has 4 rings (SSSR count). The zero-order valence-corrected chi connectivity index (χ0v) is 23.4. The molecule has 2 heterocycles. The monoisotopic (exact) mass is 611 g/mol. The number of carbonyl (C=O) groups excluding carboxylic acids is 2. The number of hydrogen-bond acceptors (Lipinski definition) is 5. The van der Waals surface area contributed by atoms with Gasteiger partial charge in [-0.15, -0.1) is 10.2 Å². The molecule has 2 amide bonds. The van der Waals surface area contributed by atoms with Crippen LogP contribution in [0.25, 0.3) is 0 Å². The standard InChI is InChI=1S/C29H28F7N5O2/c1-16-10-21(30)4-5-22(16)24-15-41(26-7-6-25(38-39-26)37-17(2)42)9-8-23(24)27(43)40(3)14-18-11-19(28(31,32)33)13-20(12-18)29(34,35)36/h4-7,10-13,23-24H,8-9,14-15H2,1-3H3,(H,37,38,42). The molecule has 1 N–H and O–H groups in total. The quantitative estimate of drug-likeness (QED) is 0.337. The van der Waals surface area contributed by atoms with Crippen LogP contribution in [-0.4, -0.2) is 47.0 Å². The summed E-state index contributed by atoms with van der Waals surface area (Å²) in [7, 11) is 1.32. The summed E-state index contributed by atoms with van der Waals surface area (Å²) in [5.41, 5.74) is -2.00. The number of anilines is 2. The number of nitrogens with zero attached hydrogens (tertiary/aromatic N) is 4. The Kier molecular flexibility index (Phi) is 8.97. The van der Waals surface area contributed by atoms with Crippen molar-refractivity contribution < 1.29 is 40.3 Å². The van der Waals surface area contributed by atoms with Crippen molar-refractivity contribution in [3.05, 3.63) is 82.2 Å². The molecule has 1 aromatic heterocycles.